The molecule has 0 spiro atoms. The number of anilines is 3. The highest BCUT2D eigenvalue weighted by molar-refractivity contribution is 6.07. The molecule has 136 valence electrons. The van der Waals surface area contributed by atoms with Crippen molar-refractivity contribution in [2.24, 2.45) is 0 Å². The number of nitrogens with zero attached hydrogens (tertiary/aromatic N) is 1. The summed E-state index contributed by atoms with van der Waals surface area (Å²) in [7, 11) is 1.27. The van der Waals surface area contributed by atoms with E-state index in [0.717, 1.165) is 0 Å². The number of halogens is 1. The molecular weight excluding hydrogens is 349 g/mol. The van der Waals surface area contributed by atoms with Crippen LogP contribution < -0.4 is 10.6 Å². The second-order valence-electron chi connectivity index (χ2n) is 5.55. The van der Waals surface area contributed by atoms with Crippen LogP contribution >= 0.6 is 0 Å². The number of carbonyl (C=O) groups excluding carboxylic acids is 2. The first-order valence-electron chi connectivity index (χ1n) is 8.04. The Kier molecular flexibility index (Phi) is 5.41. The number of amides is 1. The van der Waals surface area contributed by atoms with E-state index in [1.54, 1.807) is 48.5 Å². The molecule has 3 rings (SSSR count). The summed E-state index contributed by atoms with van der Waals surface area (Å²) in [5.74, 6) is -1.36. The van der Waals surface area contributed by atoms with Crippen LogP contribution in [-0.2, 0) is 4.74 Å². The third-order valence-corrected chi connectivity index (χ3v) is 3.71. The molecule has 2 N–H and O–H groups in total. The molecule has 0 unspecified atom stereocenters. The van der Waals surface area contributed by atoms with Gasteiger partial charge in [-0.1, -0.05) is 12.1 Å². The van der Waals surface area contributed by atoms with E-state index in [4.69, 9.17) is 4.74 Å². The lowest BCUT2D eigenvalue weighted by atomic mass is 10.1. The molecule has 0 fully saturated rings. The first kappa shape index (κ1) is 18.1. The molecule has 1 aromatic heterocycles. The van der Waals surface area contributed by atoms with E-state index in [9.17, 15) is 14.0 Å². The second kappa shape index (κ2) is 8.09. The Morgan fingerprint density at radius 2 is 1.74 bits per heavy atom. The first-order chi connectivity index (χ1) is 13.1. The number of benzene rings is 2. The van der Waals surface area contributed by atoms with Crippen LogP contribution in [0, 0.1) is 5.82 Å². The largest absolute Gasteiger partial charge is 0.465 e. The molecule has 0 aliphatic heterocycles. The van der Waals surface area contributed by atoms with Crippen LogP contribution in [0.4, 0.5) is 21.5 Å². The molecule has 1 amide bonds. The van der Waals surface area contributed by atoms with Crippen molar-refractivity contribution >= 4 is 28.9 Å². The van der Waals surface area contributed by atoms with Gasteiger partial charge in [-0.25, -0.2) is 9.18 Å². The minimum atomic E-state index is -0.550. The molecule has 6 nitrogen and oxygen atoms in total. The number of pyridine rings is 1. The standard InChI is InChI=1S/C20H16FN3O3/c1-27-20(26)16-4-2-3-5-17(16)24-19(25)18-12-15(10-11-22-18)23-14-8-6-13(21)7-9-14/h2-12H,1H3,(H,22,23)(H,24,25). The van der Waals surface area contributed by atoms with Crippen LogP contribution in [0.15, 0.2) is 66.9 Å². The van der Waals surface area contributed by atoms with Crippen molar-refractivity contribution in [1.82, 2.24) is 4.98 Å². The zero-order chi connectivity index (χ0) is 19.2. The number of carbonyl (C=O) groups is 2. The molecule has 2 aromatic carbocycles. The van der Waals surface area contributed by atoms with Crippen LogP contribution in [0.25, 0.3) is 0 Å². The number of para-hydroxylation sites is 1. The number of hydrogen-bond acceptors (Lipinski definition) is 5. The average molecular weight is 365 g/mol. The third kappa shape index (κ3) is 4.46. The van der Waals surface area contributed by atoms with Gasteiger partial charge in [-0.05, 0) is 48.5 Å². The molecule has 0 radical (unpaired) electrons. The summed E-state index contributed by atoms with van der Waals surface area (Å²) in [6.07, 6.45) is 1.48. The third-order valence-electron chi connectivity index (χ3n) is 3.71. The Balaban J connectivity index is 1.78. The van der Waals surface area contributed by atoms with Crippen LogP contribution in [0.5, 0.6) is 0 Å². The lowest BCUT2D eigenvalue weighted by molar-refractivity contribution is 0.0602. The molecule has 0 saturated heterocycles. The van der Waals surface area contributed by atoms with Crippen LogP contribution in [0.1, 0.15) is 20.8 Å². The molecule has 7 heteroatoms. The Hall–Kier alpha value is -3.74. The maximum absolute atomic E-state index is 13.0. The van der Waals surface area contributed by atoms with Gasteiger partial charge in [0, 0.05) is 17.6 Å². The molecule has 0 bridgehead atoms. The Bertz CT molecular complexity index is 974. The Morgan fingerprint density at radius 3 is 2.48 bits per heavy atom. The van der Waals surface area contributed by atoms with Gasteiger partial charge in [0.05, 0.1) is 18.4 Å². The zero-order valence-corrected chi connectivity index (χ0v) is 14.4. The molecular formula is C20H16FN3O3. The zero-order valence-electron chi connectivity index (χ0n) is 14.4. The molecule has 27 heavy (non-hydrogen) atoms. The van der Waals surface area contributed by atoms with Gasteiger partial charge in [0.15, 0.2) is 0 Å². The highest BCUT2D eigenvalue weighted by Crippen LogP contribution is 2.19. The molecule has 0 saturated carbocycles. The highest BCUT2D eigenvalue weighted by atomic mass is 19.1. The van der Waals surface area contributed by atoms with E-state index in [2.05, 4.69) is 15.6 Å². The van der Waals surface area contributed by atoms with Crippen molar-refractivity contribution in [3.8, 4) is 0 Å². The van der Waals surface area contributed by atoms with E-state index in [1.807, 2.05) is 0 Å². The fourth-order valence-corrected chi connectivity index (χ4v) is 2.40. The van der Waals surface area contributed by atoms with Crippen molar-refractivity contribution in [2.45, 2.75) is 0 Å². The quantitative estimate of drug-likeness (QED) is 0.668. The van der Waals surface area contributed by atoms with Gasteiger partial charge in [-0.2, -0.15) is 0 Å². The molecule has 0 atom stereocenters. The Labute approximate surface area is 155 Å². The topological polar surface area (TPSA) is 80.3 Å². The van der Waals surface area contributed by atoms with Gasteiger partial charge in [-0.15, -0.1) is 0 Å². The van der Waals surface area contributed by atoms with Crippen LogP contribution in [0.3, 0.4) is 0 Å². The van der Waals surface area contributed by atoms with Crippen molar-refractivity contribution in [3.63, 3.8) is 0 Å². The number of ether oxygens (including phenoxy) is 1. The lowest BCUT2D eigenvalue weighted by Gasteiger charge is -2.10. The van der Waals surface area contributed by atoms with Gasteiger partial charge < -0.3 is 15.4 Å². The number of esters is 1. The van der Waals surface area contributed by atoms with Gasteiger partial charge >= 0.3 is 5.97 Å². The summed E-state index contributed by atoms with van der Waals surface area (Å²) < 4.78 is 17.7. The van der Waals surface area contributed by atoms with Gasteiger partial charge in [0.25, 0.3) is 5.91 Å². The van der Waals surface area contributed by atoms with E-state index in [-0.39, 0.29) is 17.1 Å². The van der Waals surface area contributed by atoms with E-state index in [0.29, 0.717) is 17.1 Å². The minimum absolute atomic E-state index is 0.154. The van der Waals surface area contributed by atoms with Gasteiger partial charge in [0.1, 0.15) is 11.5 Å². The summed E-state index contributed by atoms with van der Waals surface area (Å²) in [6, 6.07) is 15.6. The molecule has 0 aliphatic carbocycles. The van der Waals surface area contributed by atoms with Gasteiger partial charge in [0.2, 0.25) is 0 Å². The molecule has 3 aromatic rings. The average Bonchev–Trinajstić information content (AvgIpc) is 2.70. The van der Waals surface area contributed by atoms with Crippen LogP contribution in [0.2, 0.25) is 0 Å². The number of methoxy groups -OCH3 is 1. The van der Waals surface area contributed by atoms with E-state index >= 15 is 0 Å². The van der Waals surface area contributed by atoms with Crippen molar-refractivity contribution < 1.29 is 18.7 Å². The monoisotopic (exact) mass is 365 g/mol. The number of nitrogens with one attached hydrogen (secondary N) is 2. The minimum Gasteiger partial charge on any atom is -0.465 e. The Morgan fingerprint density at radius 1 is 1.00 bits per heavy atom. The molecule has 1 heterocycles. The number of rotatable bonds is 5. The summed E-state index contributed by atoms with van der Waals surface area (Å²) in [6.45, 7) is 0. The summed E-state index contributed by atoms with van der Waals surface area (Å²) >= 11 is 0. The van der Waals surface area contributed by atoms with Gasteiger partial charge in [-0.3, -0.25) is 9.78 Å². The van der Waals surface area contributed by atoms with Crippen molar-refractivity contribution in [2.75, 3.05) is 17.7 Å². The molecule has 0 aliphatic rings. The summed E-state index contributed by atoms with van der Waals surface area (Å²) in [5.41, 5.74) is 2.01. The number of aromatic nitrogens is 1. The highest BCUT2D eigenvalue weighted by Gasteiger charge is 2.15. The van der Waals surface area contributed by atoms with Crippen molar-refractivity contribution in [3.05, 3.63) is 83.9 Å². The predicted octanol–water partition coefficient (Wildman–Crippen LogP) is 4.00. The fourth-order valence-electron chi connectivity index (χ4n) is 2.40. The van der Waals surface area contributed by atoms with E-state index in [1.165, 1.54) is 25.4 Å². The smallest absolute Gasteiger partial charge is 0.339 e. The lowest BCUT2D eigenvalue weighted by Crippen LogP contribution is -2.16. The fraction of sp³-hybridized carbons (Fsp3) is 0.0500. The summed E-state index contributed by atoms with van der Waals surface area (Å²) in [5, 5.41) is 5.73. The predicted molar refractivity (Wildman–Crippen MR) is 99.7 cm³/mol. The van der Waals surface area contributed by atoms with Crippen molar-refractivity contribution in [1.29, 1.82) is 0 Å². The second-order valence-corrected chi connectivity index (χ2v) is 5.55. The summed E-state index contributed by atoms with van der Waals surface area (Å²) in [4.78, 5) is 28.4. The first-order valence-corrected chi connectivity index (χ1v) is 8.04. The number of hydrogen-bond donors (Lipinski definition) is 2. The maximum atomic E-state index is 13.0. The van der Waals surface area contributed by atoms with E-state index < -0.39 is 11.9 Å². The maximum Gasteiger partial charge on any atom is 0.339 e. The van der Waals surface area contributed by atoms with Crippen LogP contribution in [-0.4, -0.2) is 24.0 Å². The normalized spacial score (nSPS) is 10.1. The SMILES string of the molecule is COC(=O)c1ccccc1NC(=O)c1cc(Nc2ccc(F)cc2)ccn1.